The van der Waals surface area contributed by atoms with Crippen LogP contribution in [0.5, 0.6) is 5.75 Å². The quantitative estimate of drug-likeness (QED) is 0.646. The molecule has 3 heterocycles. The van der Waals surface area contributed by atoms with Gasteiger partial charge in [-0.2, -0.15) is 5.26 Å². The zero-order chi connectivity index (χ0) is 23.4. The van der Waals surface area contributed by atoms with Gasteiger partial charge in [0.25, 0.3) is 0 Å². The Labute approximate surface area is 194 Å². The Bertz CT molecular complexity index is 1070. The maximum absolute atomic E-state index is 13.2. The number of pyridine rings is 1. The van der Waals surface area contributed by atoms with Crippen molar-refractivity contribution in [2.75, 3.05) is 44.8 Å². The van der Waals surface area contributed by atoms with Gasteiger partial charge in [-0.15, -0.1) is 0 Å². The number of carbonyl (C=O) groups is 2. The molecule has 4 rings (SSSR count). The smallest absolute Gasteiger partial charge is 0.310 e. The monoisotopic (exact) mass is 450 g/mol. The second-order valence-corrected chi connectivity index (χ2v) is 8.65. The summed E-state index contributed by atoms with van der Waals surface area (Å²) in [5, 5.41) is 10.6. The molecule has 0 saturated carbocycles. The lowest BCUT2D eigenvalue weighted by molar-refractivity contribution is -0.152. The summed E-state index contributed by atoms with van der Waals surface area (Å²) in [6.07, 6.45) is 4.63. The van der Waals surface area contributed by atoms with Crippen LogP contribution in [0.1, 0.15) is 38.2 Å². The van der Waals surface area contributed by atoms with E-state index >= 15 is 0 Å². The van der Waals surface area contributed by atoms with E-state index in [9.17, 15) is 14.9 Å². The number of carbonyl (C=O) groups excluding carboxylic acids is 2. The fraction of sp³-hybridized carbons (Fsp3) is 0.520. The number of methoxy groups -OCH3 is 1. The number of aromatic nitrogens is 1. The number of nitriles is 1. The minimum absolute atomic E-state index is 0.0686. The summed E-state index contributed by atoms with van der Waals surface area (Å²) in [6.45, 7) is 4.69. The standard InChI is InChI=1S/C25H30N4O4/c1-3-33-25(31)18-5-4-10-29(16-18)24(30)17-8-11-28(12-9-17)23-19(14-26)15-27-22-13-20(32-2)6-7-21(22)23/h6-7,13,15,17-18H,3-5,8-12,16H2,1-2H3/t18-/m0/s1. The van der Waals surface area contributed by atoms with Gasteiger partial charge in [0, 0.05) is 49.7 Å². The Kier molecular flexibility index (Phi) is 6.97. The molecule has 0 spiro atoms. The van der Waals surface area contributed by atoms with Gasteiger partial charge in [-0.25, -0.2) is 0 Å². The molecule has 0 aliphatic carbocycles. The number of nitrogens with zero attached hydrogens (tertiary/aromatic N) is 4. The lowest BCUT2D eigenvalue weighted by Crippen LogP contribution is -2.47. The minimum atomic E-state index is -0.221. The number of benzene rings is 1. The third-order valence-corrected chi connectivity index (χ3v) is 6.68. The third kappa shape index (κ3) is 4.72. The molecule has 1 amide bonds. The van der Waals surface area contributed by atoms with Gasteiger partial charge in [0.05, 0.1) is 36.4 Å². The molecule has 0 unspecified atom stereocenters. The first-order valence-corrected chi connectivity index (χ1v) is 11.6. The summed E-state index contributed by atoms with van der Waals surface area (Å²) in [5.41, 5.74) is 2.18. The number of hydrogen-bond acceptors (Lipinski definition) is 7. The first-order valence-electron chi connectivity index (χ1n) is 11.6. The highest BCUT2D eigenvalue weighted by molar-refractivity contribution is 5.95. The Morgan fingerprint density at radius 3 is 2.67 bits per heavy atom. The van der Waals surface area contributed by atoms with E-state index in [1.807, 2.05) is 23.1 Å². The molecule has 174 valence electrons. The lowest BCUT2D eigenvalue weighted by atomic mass is 9.91. The van der Waals surface area contributed by atoms with Crippen molar-refractivity contribution in [3.63, 3.8) is 0 Å². The highest BCUT2D eigenvalue weighted by Crippen LogP contribution is 2.34. The summed E-state index contributed by atoms with van der Waals surface area (Å²) in [7, 11) is 1.62. The van der Waals surface area contributed by atoms with Crippen LogP contribution in [0.2, 0.25) is 0 Å². The van der Waals surface area contributed by atoms with E-state index in [1.165, 1.54) is 0 Å². The molecule has 2 aliphatic heterocycles. The van der Waals surface area contributed by atoms with Crippen LogP contribution in [0, 0.1) is 23.2 Å². The molecule has 0 radical (unpaired) electrons. The fourth-order valence-corrected chi connectivity index (χ4v) is 4.95. The summed E-state index contributed by atoms with van der Waals surface area (Å²) < 4.78 is 10.5. The fourth-order valence-electron chi connectivity index (χ4n) is 4.95. The van der Waals surface area contributed by atoms with Crippen LogP contribution in [0.25, 0.3) is 10.9 Å². The molecule has 2 aliphatic rings. The Hall–Kier alpha value is -3.34. The summed E-state index contributed by atoms with van der Waals surface area (Å²) >= 11 is 0. The number of esters is 1. The van der Waals surface area contributed by atoms with Gasteiger partial charge in [0.1, 0.15) is 11.8 Å². The molecule has 2 aromatic rings. The van der Waals surface area contributed by atoms with Crippen LogP contribution >= 0.6 is 0 Å². The van der Waals surface area contributed by atoms with E-state index in [0.717, 1.165) is 35.2 Å². The molecule has 1 aromatic carbocycles. The largest absolute Gasteiger partial charge is 0.497 e. The molecular formula is C25H30N4O4. The van der Waals surface area contributed by atoms with Crippen LogP contribution in [0.15, 0.2) is 24.4 Å². The molecule has 8 heteroatoms. The van der Waals surface area contributed by atoms with E-state index < -0.39 is 0 Å². The van der Waals surface area contributed by atoms with Gasteiger partial charge in [-0.3, -0.25) is 14.6 Å². The second-order valence-electron chi connectivity index (χ2n) is 8.65. The van der Waals surface area contributed by atoms with Crippen molar-refractivity contribution < 1.29 is 19.1 Å². The van der Waals surface area contributed by atoms with Gasteiger partial charge in [0.2, 0.25) is 5.91 Å². The molecule has 33 heavy (non-hydrogen) atoms. The average Bonchev–Trinajstić information content (AvgIpc) is 2.87. The summed E-state index contributed by atoms with van der Waals surface area (Å²) in [5.74, 6) is 0.364. The number of likely N-dealkylation sites (tertiary alicyclic amines) is 1. The van der Waals surface area contributed by atoms with E-state index in [-0.39, 0.29) is 23.7 Å². The van der Waals surface area contributed by atoms with Crippen LogP contribution in [-0.4, -0.2) is 61.7 Å². The topological polar surface area (TPSA) is 95.8 Å². The van der Waals surface area contributed by atoms with Crippen molar-refractivity contribution in [1.29, 1.82) is 5.26 Å². The normalized spacial score (nSPS) is 19.2. The van der Waals surface area contributed by atoms with E-state index in [4.69, 9.17) is 9.47 Å². The average molecular weight is 451 g/mol. The molecule has 1 aromatic heterocycles. The number of hydrogen-bond donors (Lipinski definition) is 0. The summed E-state index contributed by atoms with van der Waals surface area (Å²) in [6, 6.07) is 7.96. The van der Waals surface area contributed by atoms with Crippen molar-refractivity contribution >= 4 is 28.5 Å². The molecule has 2 saturated heterocycles. The predicted octanol–water partition coefficient (Wildman–Crippen LogP) is 3.13. The molecule has 0 N–H and O–H groups in total. The maximum Gasteiger partial charge on any atom is 0.310 e. The van der Waals surface area contributed by atoms with Gasteiger partial charge in [-0.1, -0.05) is 0 Å². The van der Waals surface area contributed by atoms with Crippen LogP contribution in [0.4, 0.5) is 5.69 Å². The number of anilines is 1. The lowest BCUT2D eigenvalue weighted by Gasteiger charge is -2.38. The zero-order valence-electron chi connectivity index (χ0n) is 19.2. The Balaban J connectivity index is 1.46. The SMILES string of the molecule is CCOC(=O)[C@H]1CCCN(C(=O)C2CCN(c3c(C#N)cnc4cc(OC)ccc34)CC2)C1. The van der Waals surface area contributed by atoms with Crippen molar-refractivity contribution in [3.8, 4) is 11.8 Å². The molecular weight excluding hydrogens is 420 g/mol. The maximum atomic E-state index is 13.2. The number of piperidine rings is 2. The molecule has 0 bridgehead atoms. The zero-order valence-corrected chi connectivity index (χ0v) is 19.2. The van der Waals surface area contributed by atoms with E-state index in [0.29, 0.717) is 51.2 Å². The first-order chi connectivity index (χ1) is 16.0. The highest BCUT2D eigenvalue weighted by Gasteiger charge is 2.34. The van der Waals surface area contributed by atoms with Gasteiger partial charge >= 0.3 is 5.97 Å². The number of rotatable bonds is 5. The van der Waals surface area contributed by atoms with Crippen molar-refractivity contribution in [2.45, 2.75) is 32.6 Å². The van der Waals surface area contributed by atoms with Gasteiger partial charge in [-0.05, 0) is 44.7 Å². The Morgan fingerprint density at radius 2 is 1.97 bits per heavy atom. The van der Waals surface area contributed by atoms with E-state index in [1.54, 1.807) is 20.2 Å². The van der Waals surface area contributed by atoms with Crippen LogP contribution in [0.3, 0.4) is 0 Å². The number of amides is 1. The predicted molar refractivity (Wildman–Crippen MR) is 124 cm³/mol. The molecule has 2 fully saturated rings. The van der Waals surface area contributed by atoms with Crippen molar-refractivity contribution in [3.05, 3.63) is 30.0 Å². The Morgan fingerprint density at radius 1 is 1.18 bits per heavy atom. The van der Waals surface area contributed by atoms with Gasteiger partial charge in [0.15, 0.2) is 0 Å². The molecule has 8 nitrogen and oxygen atoms in total. The first kappa shape index (κ1) is 22.8. The van der Waals surface area contributed by atoms with Crippen molar-refractivity contribution in [2.24, 2.45) is 11.8 Å². The summed E-state index contributed by atoms with van der Waals surface area (Å²) in [4.78, 5) is 33.8. The van der Waals surface area contributed by atoms with Crippen LogP contribution < -0.4 is 9.64 Å². The number of fused-ring (bicyclic) bond motifs is 1. The van der Waals surface area contributed by atoms with Gasteiger partial charge < -0.3 is 19.3 Å². The van der Waals surface area contributed by atoms with Crippen LogP contribution in [-0.2, 0) is 14.3 Å². The highest BCUT2D eigenvalue weighted by atomic mass is 16.5. The minimum Gasteiger partial charge on any atom is -0.497 e. The third-order valence-electron chi connectivity index (χ3n) is 6.68. The van der Waals surface area contributed by atoms with E-state index in [2.05, 4.69) is 16.0 Å². The number of ether oxygens (including phenoxy) is 2. The molecule has 1 atom stereocenters. The van der Waals surface area contributed by atoms with Crippen molar-refractivity contribution in [1.82, 2.24) is 9.88 Å². The second kappa shape index (κ2) is 10.1.